The van der Waals surface area contributed by atoms with Gasteiger partial charge in [-0.1, -0.05) is 41.9 Å². The highest BCUT2D eigenvalue weighted by Crippen LogP contribution is 2.31. The molecule has 0 radical (unpaired) electrons. The predicted octanol–water partition coefficient (Wildman–Crippen LogP) is 5.22. The summed E-state index contributed by atoms with van der Waals surface area (Å²) in [5.41, 5.74) is 2.10. The summed E-state index contributed by atoms with van der Waals surface area (Å²) in [5, 5.41) is 6.37. The van der Waals surface area contributed by atoms with Gasteiger partial charge < -0.3 is 0 Å². The first kappa shape index (κ1) is 18.6. The molecule has 0 saturated heterocycles. The quantitative estimate of drug-likeness (QED) is 0.708. The molecule has 1 aliphatic heterocycles. The molecule has 1 heterocycles. The van der Waals surface area contributed by atoms with E-state index in [1.54, 1.807) is 11.1 Å². The summed E-state index contributed by atoms with van der Waals surface area (Å²) in [6.07, 6.45) is 2.62. The number of carbonyl (C=O) groups excluding carboxylic acids is 1. The van der Waals surface area contributed by atoms with E-state index in [1.807, 2.05) is 32.0 Å². The zero-order valence-electron chi connectivity index (χ0n) is 15.0. The van der Waals surface area contributed by atoms with Gasteiger partial charge in [-0.25, -0.2) is 9.40 Å². The van der Waals surface area contributed by atoms with Crippen molar-refractivity contribution in [3.05, 3.63) is 70.5 Å². The molecule has 3 nitrogen and oxygen atoms in total. The summed E-state index contributed by atoms with van der Waals surface area (Å²) < 4.78 is 13.6. The average Bonchev–Trinajstić information content (AvgIpc) is 2.90. The minimum Gasteiger partial charge on any atom is -0.273 e. The summed E-state index contributed by atoms with van der Waals surface area (Å²) in [5.74, 6) is -0.413. The van der Waals surface area contributed by atoms with Crippen molar-refractivity contribution in [3.63, 3.8) is 0 Å². The molecule has 136 valence electrons. The van der Waals surface area contributed by atoms with E-state index >= 15 is 0 Å². The predicted molar refractivity (Wildman–Crippen MR) is 103 cm³/mol. The lowest BCUT2D eigenvalue weighted by Crippen LogP contribution is -2.40. The highest BCUT2D eigenvalue weighted by atomic mass is 35.5. The number of amides is 1. The number of halogens is 2. The summed E-state index contributed by atoms with van der Waals surface area (Å²) in [7, 11) is 0. The van der Waals surface area contributed by atoms with Gasteiger partial charge in [0.05, 0.1) is 11.3 Å². The molecule has 2 aromatic carbocycles. The minimum atomic E-state index is -0.433. The second-order valence-electron chi connectivity index (χ2n) is 7.24. The van der Waals surface area contributed by atoms with E-state index in [2.05, 4.69) is 17.2 Å². The molecule has 0 atom stereocenters. The summed E-state index contributed by atoms with van der Waals surface area (Å²) in [6, 6.07) is 14.5. The maximum Gasteiger partial charge on any atom is 0.243 e. The highest BCUT2D eigenvalue weighted by molar-refractivity contribution is 6.31. The van der Waals surface area contributed by atoms with Crippen molar-refractivity contribution in [1.82, 2.24) is 5.01 Å². The fraction of sp³-hybridized carbons (Fsp3) is 0.333. The molecular formula is C21H22ClFN2O. The number of carbonyl (C=O) groups is 1. The van der Waals surface area contributed by atoms with Crippen LogP contribution in [0, 0.1) is 5.82 Å². The van der Waals surface area contributed by atoms with Gasteiger partial charge in [0, 0.05) is 23.4 Å². The van der Waals surface area contributed by atoms with E-state index in [1.165, 1.54) is 17.7 Å². The van der Waals surface area contributed by atoms with Crippen LogP contribution < -0.4 is 0 Å². The molecule has 0 spiro atoms. The smallest absolute Gasteiger partial charge is 0.243 e. The second-order valence-corrected chi connectivity index (χ2v) is 7.68. The minimum absolute atomic E-state index is 0.0107. The standard InChI is InChI=1S/C21H22ClFN2O/c1-21(2)14-19(16-11-17(22)13-18(23)12-16)24-25(21)20(26)10-6-9-15-7-4-3-5-8-15/h3-5,7-8,11-13H,6,9-10,14H2,1-2H3. The van der Waals surface area contributed by atoms with Gasteiger partial charge in [0.15, 0.2) is 0 Å². The molecule has 0 N–H and O–H groups in total. The van der Waals surface area contributed by atoms with Crippen LogP contribution >= 0.6 is 11.6 Å². The number of benzene rings is 2. The average molecular weight is 373 g/mol. The molecule has 0 aromatic heterocycles. The maximum absolute atomic E-state index is 13.6. The topological polar surface area (TPSA) is 32.7 Å². The second kappa shape index (κ2) is 7.58. The van der Waals surface area contributed by atoms with Gasteiger partial charge in [-0.05, 0) is 50.5 Å². The molecule has 5 heteroatoms. The van der Waals surface area contributed by atoms with Gasteiger partial charge in [-0.3, -0.25) is 4.79 Å². The van der Waals surface area contributed by atoms with Crippen molar-refractivity contribution < 1.29 is 9.18 Å². The fourth-order valence-electron chi connectivity index (χ4n) is 3.24. The van der Waals surface area contributed by atoms with Crippen LogP contribution in [0.5, 0.6) is 0 Å². The lowest BCUT2D eigenvalue weighted by atomic mass is 9.94. The Bertz CT molecular complexity index is 813. The van der Waals surface area contributed by atoms with Crippen molar-refractivity contribution in [2.24, 2.45) is 5.10 Å². The summed E-state index contributed by atoms with van der Waals surface area (Å²) in [4.78, 5) is 12.7. The van der Waals surface area contributed by atoms with Crippen LogP contribution in [-0.4, -0.2) is 22.2 Å². The Morgan fingerprint density at radius 1 is 1.23 bits per heavy atom. The normalized spacial score (nSPS) is 15.8. The van der Waals surface area contributed by atoms with Crippen molar-refractivity contribution in [2.45, 2.75) is 45.1 Å². The van der Waals surface area contributed by atoms with Crippen LogP contribution in [0.2, 0.25) is 5.02 Å². The van der Waals surface area contributed by atoms with Gasteiger partial charge >= 0.3 is 0 Å². The SMILES string of the molecule is CC1(C)CC(c2cc(F)cc(Cl)c2)=NN1C(=O)CCCc1ccccc1. The van der Waals surface area contributed by atoms with Crippen LogP contribution in [0.1, 0.15) is 44.2 Å². The van der Waals surface area contributed by atoms with E-state index in [9.17, 15) is 9.18 Å². The Kier molecular flexibility index (Phi) is 5.42. The van der Waals surface area contributed by atoms with Crippen LogP contribution in [0.25, 0.3) is 0 Å². The highest BCUT2D eigenvalue weighted by Gasteiger charge is 2.38. The summed E-state index contributed by atoms with van der Waals surface area (Å²) in [6.45, 7) is 3.94. The van der Waals surface area contributed by atoms with Crippen LogP contribution in [-0.2, 0) is 11.2 Å². The van der Waals surface area contributed by atoms with Gasteiger partial charge in [0.1, 0.15) is 5.82 Å². The molecule has 3 rings (SSSR count). The van der Waals surface area contributed by atoms with Gasteiger partial charge in [-0.2, -0.15) is 5.10 Å². The zero-order valence-corrected chi connectivity index (χ0v) is 15.8. The first-order valence-electron chi connectivity index (χ1n) is 8.76. The molecule has 0 fully saturated rings. The zero-order chi connectivity index (χ0) is 18.7. The molecule has 0 saturated carbocycles. The van der Waals surface area contributed by atoms with Crippen LogP contribution in [0.15, 0.2) is 53.6 Å². The Labute approximate surface area is 158 Å². The third-order valence-electron chi connectivity index (χ3n) is 4.53. The van der Waals surface area contributed by atoms with E-state index in [-0.39, 0.29) is 5.91 Å². The Hall–Kier alpha value is -2.20. The maximum atomic E-state index is 13.6. The first-order valence-corrected chi connectivity index (χ1v) is 9.14. The largest absolute Gasteiger partial charge is 0.273 e. The van der Waals surface area contributed by atoms with E-state index in [0.29, 0.717) is 29.1 Å². The number of nitrogens with zero attached hydrogens (tertiary/aromatic N) is 2. The lowest BCUT2D eigenvalue weighted by molar-refractivity contribution is -0.135. The molecule has 0 bridgehead atoms. The number of aryl methyl sites for hydroxylation is 1. The van der Waals surface area contributed by atoms with Crippen LogP contribution in [0.3, 0.4) is 0 Å². The van der Waals surface area contributed by atoms with E-state index < -0.39 is 11.4 Å². The lowest BCUT2D eigenvalue weighted by Gasteiger charge is -2.28. The third-order valence-corrected chi connectivity index (χ3v) is 4.74. The van der Waals surface area contributed by atoms with Crippen molar-refractivity contribution in [3.8, 4) is 0 Å². The molecular weight excluding hydrogens is 351 g/mol. The third kappa shape index (κ3) is 4.31. The monoisotopic (exact) mass is 372 g/mol. The van der Waals surface area contributed by atoms with E-state index in [0.717, 1.165) is 12.8 Å². The number of hydrogen-bond acceptors (Lipinski definition) is 2. The molecule has 1 amide bonds. The van der Waals surface area contributed by atoms with Gasteiger partial charge in [0.2, 0.25) is 5.91 Å². The number of hydrazone groups is 1. The molecule has 26 heavy (non-hydrogen) atoms. The fourth-order valence-corrected chi connectivity index (χ4v) is 3.47. The Morgan fingerprint density at radius 3 is 2.65 bits per heavy atom. The van der Waals surface area contributed by atoms with Gasteiger partial charge in [-0.15, -0.1) is 0 Å². The number of rotatable bonds is 5. The van der Waals surface area contributed by atoms with Crippen molar-refractivity contribution in [1.29, 1.82) is 0 Å². The Morgan fingerprint density at radius 2 is 1.96 bits per heavy atom. The van der Waals surface area contributed by atoms with Gasteiger partial charge in [0.25, 0.3) is 0 Å². The molecule has 2 aromatic rings. The van der Waals surface area contributed by atoms with Crippen molar-refractivity contribution in [2.75, 3.05) is 0 Å². The summed E-state index contributed by atoms with van der Waals surface area (Å²) >= 11 is 5.95. The Balaban J connectivity index is 1.69. The molecule has 0 unspecified atom stereocenters. The molecule has 0 aliphatic carbocycles. The first-order chi connectivity index (χ1) is 12.3. The number of hydrogen-bond donors (Lipinski definition) is 0. The van der Waals surface area contributed by atoms with Crippen molar-refractivity contribution >= 4 is 23.2 Å². The van der Waals surface area contributed by atoms with Crippen LogP contribution in [0.4, 0.5) is 4.39 Å². The van der Waals surface area contributed by atoms with E-state index in [4.69, 9.17) is 11.6 Å². The molecule has 1 aliphatic rings.